The lowest BCUT2D eigenvalue weighted by molar-refractivity contribution is -0.133. The van der Waals surface area contributed by atoms with E-state index in [4.69, 9.17) is 16.6 Å². The Balaban J connectivity index is 1.49. The molecule has 0 radical (unpaired) electrons. The maximum absolute atomic E-state index is 13.5. The molecule has 0 unspecified atom stereocenters. The number of rotatable bonds is 5. The summed E-state index contributed by atoms with van der Waals surface area (Å²) in [7, 11) is 0. The van der Waals surface area contributed by atoms with E-state index in [2.05, 4.69) is 9.88 Å². The molecule has 1 aliphatic carbocycles. The van der Waals surface area contributed by atoms with Crippen molar-refractivity contribution in [2.45, 2.75) is 32.4 Å². The molecule has 30 heavy (non-hydrogen) atoms. The maximum Gasteiger partial charge on any atom is 0.223 e. The molecule has 5 rings (SSSR count). The lowest BCUT2D eigenvalue weighted by Crippen LogP contribution is -2.38. The quantitative estimate of drug-likeness (QED) is 0.610. The maximum atomic E-state index is 13.5. The third kappa shape index (κ3) is 3.92. The van der Waals surface area contributed by atoms with Gasteiger partial charge in [-0.15, -0.1) is 0 Å². The minimum atomic E-state index is -0.285. The molecule has 0 saturated heterocycles. The second-order valence-electron chi connectivity index (χ2n) is 7.98. The van der Waals surface area contributed by atoms with Crippen LogP contribution in [0, 0.1) is 11.7 Å². The smallest absolute Gasteiger partial charge is 0.223 e. The molecule has 1 fully saturated rings. The molecule has 0 spiro atoms. The van der Waals surface area contributed by atoms with E-state index in [9.17, 15) is 9.18 Å². The van der Waals surface area contributed by atoms with E-state index in [1.807, 2.05) is 29.2 Å². The van der Waals surface area contributed by atoms with Gasteiger partial charge in [0.05, 0.1) is 6.54 Å². The van der Waals surface area contributed by atoms with Crippen molar-refractivity contribution in [2.75, 3.05) is 11.9 Å². The van der Waals surface area contributed by atoms with Gasteiger partial charge in [0.1, 0.15) is 23.2 Å². The second-order valence-corrected chi connectivity index (χ2v) is 8.41. The van der Waals surface area contributed by atoms with E-state index in [-0.39, 0.29) is 11.7 Å². The standard InChI is InChI=1S/C23H22ClFN4O/c24-17-5-9-19(10-6-17)26-23-22(16-3-7-18(25)8-4-16)27-20-14-28(11-12-29(20)23)21(30)13-15-1-2-15/h3-10,15,26H,1-2,11-14H2. The van der Waals surface area contributed by atoms with Crippen LogP contribution in [0.2, 0.25) is 5.02 Å². The highest BCUT2D eigenvalue weighted by Gasteiger charge is 2.30. The first-order chi connectivity index (χ1) is 14.6. The number of benzene rings is 2. The Morgan fingerprint density at radius 1 is 1.10 bits per heavy atom. The van der Waals surface area contributed by atoms with Crippen molar-refractivity contribution in [3.63, 3.8) is 0 Å². The summed E-state index contributed by atoms with van der Waals surface area (Å²) in [6.45, 7) is 1.81. The molecule has 5 nitrogen and oxygen atoms in total. The highest BCUT2D eigenvalue weighted by atomic mass is 35.5. The predicted octanol–water partition coefficient (Wildman–Crippen LogP) is 5.23. The molecular weight excluding hydrogens is 403 g/mol. The number of nitrogens with zero attached hydrogens (tertiary/aromatic N) is 3. The molecule has 154 valence electrons. The summed E-state index contributed by atoms with van der Waals surface area (Å²) in [4.78, 5) is 19.4. The number of hydrogen-bond donors (Lipinski definition) is 1. The van der Waals surface area contributed by atoms with Crippen molar-refractivity contribution in [3.8, 4) is 11.3 Å². The fraction of sp³-hybridized carbons (Fsp3) is 0.304. The minimum absolute atomic E-state index is 0.210. The molecule has 1 aromatic heterocycles. The lowest BCUT2D eigenvalue weighted by atomic mass is 10.1. The SMILES string of the molecule is O=C(CC1CC1)N1CCn2c(nc(-c3ccc(F)cc3)c2Nc2ccc(Cl)cc2)C1. The van der Waals surface area contributed by atoms with Crippen LogP contribution in [0.4, 0.5) is 15.9 Å². The molecular formula is C23H22ClFN4O. The van der Waals surface area contributed by atoms with Crippen LogP contribution in [0.1, 0.15) is 25.1 Å². The monoisotopic (exact) mass is 424 g/mol. The van der Waals surface area contributed by atoms with E-state index < -0.39 is 0 Å². The summed E-state index contributed by atoms with van der Waals surface area (Å²) < 4.78 is 15.6. The number of anilines is 2. The van der Waals surface area contributed by atoms with Crippen LogP contribution in [0.15, 0.2) is 48.5 Å². The van der Waals surface area contributed by atoms with Gasteiger partial charge >= 0.3 is 0 Å². The molecule has 0 atom stereocenters. The van der Waals surface area contributed by atoms with E-state index in [1.54, 1.807) is 12.1 Å². The first-order valence-electron chi connectivity index (χ1n) is 10.2. The second kappa shape index (κ2) is 7.76. The molecule has 2 heterocycles. The van der Waals surface area contributed by atoms with Crippen molar-refractivity contribution in [2.24, 2.45) is 5.92 Å². The third-order valence-corrected chi connectivity index (χ3v) is 5.96. The summed E-state index contributed by atoms with van der Waals surface area (Å²) in [5, 5.41) is 4.12. The first-order valence-corrected chi connectivity index (χ1v) is 10.6. The first kappa shape index (κ1) is 19.1. The van der Waals surface area contributed by atoms with Gasteiger partial charge in [-0.05, 0) is 67.3 Å². The number of carbonyl (C=O) groups excluding carboxylic acids is 1. The van der Waals surface area contributed by atoms with Gasteiger partial charge in [-0.3, -0.25) is 4.79 Å². The Morgan fingerprint density at radius 3 is 2.53 bits per heavy atom. The topological polar surface area (TPSA) is 50.2 Å². The van der Waals surface area contributed by atoms with Gasteiger partial charge < -0.3 is 14.8 Å². The van der Waals surface area contributed by atoms with Crippen LogP contribution in [0.5, 0.6) is 0 Å². The molecule has 2 aliphatic rings. The lowest BCUT2D eigenvalue weighted by Gasteiger charge is -2.28. The third-order valence-electron chi connectivity index (χ3n) is 5.71. The van der Waals surface area contributed by atoms with Crippen molar-refractivity contribution in [1.82, 2.24) is 14.5 Å². The van der Waals surface area contributed by atoms with Crippen molar-refractivity contribution in [1.29, 1.82) is 0 Å². The fourth-order valence-electron chi connectivity index (χ4n) is 3.85. The minimum Gasteiger partial charge on any atom is -0.340 e. The number of carbonyl (C=O) groups is 1. The van der Waals surface area contributed by atoms with E-state index in [0.29, 0.717) is 37.0 Å². The molecule has 0 bridgehead atoms. The van der Waals surface area contributed by atoms with Crippen LogP contribution < -0.4 is 5.32 Å². The Hall–Kier alpha value is -2.86. The van der Waals surface area contributed by atoms with Gasteiger partial charge in [-0.2, -0.15) is 0 Å². The largest absolute Gasteiger partial charge is 0.340 e. The van der Waals surface area contributed by atoms with Gasteiger partial charge in [0.25, 0.3) is 0 Å². The van der Waals surface area contributed by atoms with Crippen LogP contribution in [-0.2, 0) is 17.9 Å². The predicted molar refractivity (Wildman–Crippen MR) is 115 cm³/mol. The number of halogens is 2. The van der Waals surface area contributed by atoms with E-state index >= 15 is 0 Å². The van der Waals surface area contributed by atoms with Crippen molar-refractivity contribution in [3.05, 3.63) is 65.2 Å². The number of fused-ring (bicyclic) bond motifs is 1. The van der Waals surface area contributed by atoms with Crippen LogP contribution in [0.3, 0.4) is 0 Å². The highest BCUT2D eigenvalue weighted by molar-refractivity contribution is 6.30. The number of amides is 1. The Morgan fingerprint density at radius 2 is 1.83 bits per heavy atom. The Bertz CT molecular complexity index is 1070. The van der Waals surface area contributed by atoms with Crippen LogP contribution in [-0.4, -0.2) is 26.9 Å². The zero-order chi connectivity index (χ0) is 20.7. The molecule has 3 aromatic rings. The van der Waals surface area contributed by atoms with Crippen molar-refractivity contribution < 1.29 is 9.18 Å². The van der Waals surface area contributed by atoms with Crippen LogP contribution >= 0.6 is 11.6 Å². The van der Waals surface area contributed by atoms with Gasteiger partial charge in [-0.25, -0.2) is 9.37 Å². The summed E-state index contributed by atoms with van der Waals surface area (Å²) in [5.74, 6) is 2.17. The average molecular weight is 425 g/mol. The molecule has 2 aromatic carbocycles. The number of imidazole rings is 1. The summed E-state index contributed by atoms with van der Waals surface area (Å²) in [5.41, 5.74) is 2.46. The van der Waals surface area contributed by atoms with Gasteiger partial charge in [0, 0.05) is 35.8 Å². The highest BCUT2D eigenvalue weighted by Crippen LogP contribution is 2.35. The molecule has 1 saturated carbocycles. The van der Waals surface area contributed by atoms with Gasteiger partial charge in [-0.1, -0.05) is 11.6 Å². The van der Waals surface area contributed by atoms with Gasteiger partial charge in [0.2, 0.25) is 5.91 Å². The number of nitrogens with one attached hydrogen (secondary N) is 1. The number of hydrogen-bond acceptors (Lipinski definition) is 3. The zero-order valence-electron chi connectivity index (χ0n) is 16.4. The fourth-order valence-corrected chi connectivity index (χ4v) is 3.97. The van der Waals surface area contributed by atoms with Gasteiger partial charge in [0.15, 0.2) is 0 Å². The summed E-state index contributed by atoms with van der Waals surface area (Å²) in [6, 6.07) is 13.8. The Kier molecular flexibility index (Phi) is 4.95. The normalized spacial score (nSPS) is 15.7. The zero-order valence-corrected chi connectivity index (χ0v) is 17.2. The molecule has 7 heteroatoms. The average Bonchev–Trinajstić information content (AvgIpc) is 3.50. The number of aromatic nitrogens is 2. The summed E-state index contributed by atoms with van der Waals surface area (Å²) in [6.07, 6.45) is 2.97. The van der Waals surface area contributed by atoms with Crippen molar-refractivity contribution >= 4 is 29.0 Å². The summed E-state index contributed by atoms with van der Waals surface area (Å²) >= 11 is 6.02. The van der Waals surface area contributed by atoms with Crippen LogP contribution in [0.25, 0.3) is 11.3 Å². The van der Waals surface area contributed by atoms with E-state index in [0.717, 1.165) is 41.4 Å². The molecule has 1 aliphatic heterocycles. The molecule has 1 amide bonds. The Labute approximate surface area is 179 Å². The molecule has 1 N–H and O–H groups in total. The van der Waals surface area contributed by atoms with E-state index in [1.165, 1.54) is 12.1 Å².